The highest BCUT2D eigenvalue weighted by molar-refractivity contribution is 7.99. The topological polar surface area (TPSA) is 89.3 Å². The van der Waals surface area contributed by atoms with Gasteiger partial charge in [-0.3, -0.25) is 4.79 Å². The molecule has 3 rings (SSSR count). The minimum atomic E-state index is -3.33. The monoisotopic (exact) mass is 444 g/mol. The van der Waals surface area contributed by atoms with Crippen LogP contribution in [-0.2, 0) is 14.6 Å². The predicted molar refractivity (Wildman–Crippen MR) is 108 cm³/mol. The number of carbonyl (C=O) groups excluding carboxylic acids is 1. The summed E-state index contributed by atoms with van der Waals surface area (Å²) in [5.74, 6) is -0.302. The van der Waals surface area contributed by atoms with Crippen molar-refractivity contribution in [3.63, 3.8) is 0 Å². The van der Waals surface area contributed by atoms with E-state index in [2.05, 4.69) is 10.3 Å². The third kappa shape index (κ3) is 4.57. The fourth-order valence-electron chi connectivity index (χ4n) is 2.23. The van der Waals surface area contributed by atoms with Crippen molar-refractivity contribution < 1.29 is 17.6 Å². The molecule has 1 heterocycles. The lowest BCUT2D eigenvalue weighted by Gasteiger charge is -2.08. The number of nitrogens with one attached hydrogen (secondary N) is 1. The number of halogens is 2. The van der Waals surface area contributed by atoms with Crippen molar-refractivity contribution in [1.82, 2.24) is 4.98 Å². The van der Waals surface area contributed by atoms with Gasteiger partial charge in [0, 0.05) is 0 Å². The summed E-state index contributed by atoms with van der Waals surface area (Å²) in [5.41, 5.74) is 1.21. The first-order valence-electron chi connectivity index (χ1n) is 7.80. The largest absolute Gasteiger partial charge is 0.431 e. The van der Waals surface area contributed by atoms with Crippen LogP contribution in [0.2, 0.25) is 10.0 Å². The summed E-state index contributed by atoms with van der Waals surface area (Å²) in [6.45, 7) is 1.58. The van der Waals surface area contributed by atoms with Gasteiger partial charge in [-0.15, -0.1) is 0 Å². The van der Waals surface area contributed by atoms with Gasteiger partial charge >= 0.3 is 0 Å². The van der Waals surface area contributed by atoms with E-state index in [1.54, 1.807) is 31.2 Å². The van der Waals surface area contributed by atoms with Gasteiger partial charge in [-0.1, -0.05) is 48.0 Å². The molecule has 0 saturated carbocycles. The van der Waals surface area contributed by atoms with E-state index in [1.165, 1.54) is 12.1 Å². The number of fused-ring (bicyclic) bond motifs is 1. The number of rotatable bonds is 6. The van der Waals surface area contributed by atoms with Gasteiger partial charge in [0.25, 0.3) is 5.22 Å². The lowest BCUT2D eigenvalue weighted by atomic mass is 10.3. The number of amides is 1. The molecule has 6 nitrogen and oxygen atoms in total. The maximum atomic E-state index is 12.1. The van der Waals surface area contributed by atoms with Crippen molar-refractivity contribution in [1.29, 1.82) is 0 Å². The lowest BCUT2D eigenvalue weighted by Crippen LogP contribution is -2.14. The van der Waals surface area contributed by atoms with Crippen LogP contribution < -0.4 is 5.32 Å². The minimum Gasteiger partial charge on any atom is -0.431 e. The first kappa shape index (κ1) is 20.0. The molecule has 0 fully saturated rings. The molecule has 0 atom stereocenters. The molecule has 1 aromatic heterocycles. The number of nitrogens with zero attached hydrogens (tertiary/aromatic N) is 1. The molecule has 2 aromatic carbocycles. The first-order chi connectivity index (χ1) is 12.8. The second-order valence-electron chi connectivity index (χ2n) is 5.45. The molecule has 0 saturated heterocycles. The summed E-state index contributed by atoms with van der Waals surface area (Å²) < 4.78 is 29.5. The fraction of sp³-hybridized carbons (Fsp3) is 0.176. The second kappa shape index (κ2) is 8.10. The molecule has 0 radical (unpaired) electrons. The SMILES string of the molecule is CCS(=O)(=O)c1ccc2oc(SCC(=O)Nc3c(Cl)cccc3Cl)nc2c1. The van der Waals surface area contributed by atoms with Crippen LogP contribution in [0.25, 0.3) is 11.1 Å². The number of hydrogen-bond acceptors (Lipinski definition) is 6. The van der Waals surface area contributed by atoms with Gasteiger partial charge in [0.1, 0.15) is 5.52 Å². The molecule has 27 heavy (non-hydrogen) atoms. The molecule has 1 amide bonds. The normalized spacial score (nSPS) is 11.7. The highest BCUT2D eigenvalue weighted by Gasteiger charge is 2.16. The average molecular weight is 445 g/mol. The van der Waals surface area contributed by atoms with E-state index >= 15 is 0 Å². The Morgan fingerprint density at radius 2 is 1.93 bits per heavy atom. The fourth-order valence-corrected chi connectivity index (χ4v) is 4.26. The average Bonchev–Trinajstić information content (AvgIpc) is 3.05. The molecule has 0 unspecified atom stereocenters. The van der Waals surface area contributed by atoms with Crippen molar-refractivity contribution >= 4 is 67.5 Å². The van der Waals surface area contributed by atoms with Crippen molar-refractivity contribution in [2.24, 2.45) is 0 Å². The van der Waals surface area contributed by atoms with E-state index in [0.29, 0.717) is 26.8 Å². The van der Waals surface area contributed by atoms with E-state index in [4.69, 9.17) is 27.6 Å². The number of hydrogen-bond donors (Lipinski definition) is 1. The molecular formula is C17H14Cl2N2O4S2. The Kier molecular flexibility index (Phi) is 6.00. The van der Waals surface area contributed by atoms with Crippen LogP contribution in [0.4, 0.5) is 5.69 Å². The number of carbonyl (C=O) groups is 1. The Hall–Kier alpha value is -1.74. The number of thioether (sulfide) groups is 1. The number of aromatic nitrogens is 1. The van der Waals surface area contributed by atoms with Gasteiger partial charge in [-0.25, -0.2) is 13.4 Å². The zero-order valence-corrected chi connectivity index (χ0v) is 17.2. The van der Waals surface area contributed by atoms with Crippen molar-refractivity contribution in [2.75, 3.05) is 16.8 Å². The first-order valence-corrected chi connectivity index (χ1v) is 11.2. The number of anilines is 1. The Balaban J connectivity index is 1.71. The number of oxazole rings is 1. The van der Waals surface area contributed by atoms with Crippen LogP contribution in [0.3, 0.4) is 0 Å². The maximum Gasteiger partial charge on any atom is 0.257 e. The van der Waals surface area contributed by atoms with Crippen LogP contribution in [0.1, 0.15) is 6.92 Å². The molecule has 0 spiro atoms. The third-order valence-corrected chi connectivity index (χ3v) is 6.82. The molecule has 0 aliphatic heterocycles. The van der Waals surface area contributed by atoms with Crippen LogP contribution in [0.15, 0.2) is 50.9 Å². The molecular weight excluding hydrogens is 431 g/mol. The van der Waals surface area contributed by atoms with Crippen LogP contribution in [0, 0.1) is 0 Å². The number of sulfone groups is 1. The molecule has 3 aromatic rings. The van der Waals surface area contributed by atoms with E-state index in [0.717, 1.165) is 11.8 Å². The molecule has 10 heteroatoms. The quantitative estimate of drug-likeness (QED) is 0.556. The summed E-state index contributed by atoms with van der Waals surface area (Å²) >= 11 is 13.1. The third-order valence-electron chi connectivity index (χ3n) is 3.63. The van der Waals surface area contributed by atoms with Crippen molar-refractivity contribution in [3.8, 4) is 0 Å². The Morgan fingerprint density at radius 1 is 1.22 bits per heavy atom. The van der Waals surface area contributed by atoms with E-state index < -0.39 is 9.84 Å². The molecule has 0 aliphatic rings. The highest BCUT2D eigenvalue weighted by atomic mass is 35.5. The van der Waals surface area contributed by atoms with E-state index in [-0.39, 0.29) is 27.5 Å². The van der Waals surface area contributed by atoms with Gasteiger partial charge in [-0.2, -0.15) is 0 Å². The van der Waals surface area contributed by atoms with Gasteiger partial charge < -0.3 is 9.73 Å². The van der Waals surface area contributed by atoms with Crippen LogP contribution in [-0.4, -0.2) is 30.8 Å². The Morgan fingerprint density at radius 3 is 2.59 bits per heavy atom. The summed E-state index contributed by atoms with van der Waals surface area (Å²) in [7, 11) is -3.33. The number of benzene rings is 2. The molecule has 0 bridgehead atoms. The summed E-state index contributed by atoms with van der Waals surface area (Å²) in [6, 6.07) is 9.43. The smallest absolute Gasteiger partial charge is 0.257 e. The van der Waals surface area contributed by atoms with Crippen molar-refractivity contribution in [2.45, 2.75) is 17.0 Å². The standard InChI is InChI=1S/C17H14Cl2N2O4S2/c1-2-27(23,24)10-6-7-14-13(8-10)20-17(25-14)26-9-15(22)21-16-11(18)4-3-5-12(16)19/h3-8H,2,9H2,1H3,(H,21,22). The van der Waals surface area contributed by atoms with Gasteiger partial charge in [0.15, 0.2) is 15.4 Å². The second-order valence-corrected chi connectivity index (χ2v) is 9.47. The van der Waals surface area contributed by atoms with Crippen molar-refractivity contribution in [3.05, 3.63) is 46.4 Å². The van der Waals surface area contributed by atoms with Gasteiger partial charge in [0.2, 0.25) is 5.91 Å². The highest BCUT2D eigenvalue weighted by Crippen LogP contribution is 2.30. The Bertz CT molecular complexity index is 1090. The molecule has 1 N–H and O–H groups in total. The number of para-hydroxylation sites is 1. The van der Waals surface area contributed by atoms with Gasteiger partial charge in [-0.05, 0) is 30.3 Å². The Labute approximate surface area is 170 Å². The minimum absolute atomic E-state index is 0.00272. The van der Waals surface area contributed by atoms with E-state index in [9.17, 15) is 13.2 Å². The molecule has 0 aliphatic carbocycles. The summed E-state index contributed by atoms with van der Waals surface area (Å²) in [4.78, 5) is 16.6. The van der Waals surface area contributed by atoms with E-state index in [1.807, 2.05) is 0 Å². The predicted octanol–water partition coefficient (Wildman–Crippen LogP) is 4.66. The lowest BCUT2D eigenvalue weighted by molar-refractivity contribution is -0.113. The summed E-state index contributed by atoms with van der Waals surface area (Å²) in [5, 5.41) is 3.59. The van der Waals surface area contributed by atoms with Crippen LogP contribution >= 0.6 is 35.0 Å². The molecule has 142 valence electrons. The zero-order chi connectivity index (χ0) is 19.6. The zero-order valence-electron chi connectivity index (χ0n) is 14.0. The van der Waals surface area contributed by atoms with Gasteiger partial charge in [0.05, 0.1) is 32.1 Å². The summed E-state index contributed by atoms with van der Waals surface area (Å²) in [6.07, 6.45) is 0. The van der Waals surface area contributed by atoms with Crippen LogP contribution in [0.5, 0.6) is 0 Å². The maximum absolute atomic E-state index is 12.1.